The average Bonchev–Trinajstić information content (AvgIpc) is 2.38. The highest BCUT2D eigenvalue weighted by Crippen LogP contribution is 2.29. The van der Waals surface area contributed by atoms with Crippen LogP contribution in [0.3, 0.4) is 0 Å². The Morgan fingerprint density at radius 1 is 1.40 bits per heavy atom. The molecule has 1 saturated heterocycles. The zero-order valence-electron chi connectivity index (χ0n) is 12.9. The van der Waals surface area contributed by atoms with Gasteiger partial charge in [-0.1, -0.05) is 19.8 Å². The number of anilines is 1. The summed E-state index contributed by atoms with van der Waals surface area (Å²) in [6.07, 6.45) is 5.09. The second-order valence-corrected chi connectivity index (χ2v) is 5.88. The Kier molecular flexibility index (Phi) is 4.63. The van der Waals surface area contributed by atoms with Crippen molar-refractivity contribution >= 4 is 11.5 Å². The van der Waals surface area contributed by atoms with Gasteiger partial charge in [0.1, 0.15) is 5.84 Å². The Morgan fingerprint density at radius 2 is 2.05 bits per heavy atom. The summed E-state index contributed by atoms with van der Waals surface area (Å²) in [7, 11) is 0. The molecule has 0 amide bonds. The van der Waals surface area contributed by atoms with Crippen molar-refractivity contribution in [2.75, 3.05) is 18.0 Å². The number of pyridine rings is 1. The molecule has 0 unspecified atom stereocenters. The van der Waals surface area contributed by atoms with E-state index in [1.54, 1.807) is 0 Å². The zero-order valence-corrected chi connectivity index (χ0v) is 12.9. The van der Waals surface area contributed by atoms with Crippen LogP contribution in [0.2, 0.25) is 0 Å². The molecule has 0 atom stereocenters. The summed E-state index contributed by atoms with van der Waals surface area (Å²) in [5.41, 5.74) is 9.53. The molecule has 0 spiro atoms. The van der Waals surface area contributed by atoms with Gasteiger partial charge in [-0.3, -0.25) is 10.4 Å². The molecule has 1 aromatic heterocycles. The van der Waals surface area contributed by atoms with E-state index < -0.39 is 0 Å². The summed E-state index contributed by atoms with van der Waals surface area (Å²) < 4.78 is 0. The number of nitrogens with two attached hydrogens (primary N) is 1. The van der Waals surface area contributed by atoms with Crippen molar-refractivity contribution in [2.45, 2.75) is 46.5 Å². The van der Waals surface area contributed by atoms with Crippen LogP contribution < -0.4 is 10.6 Å². The predicted octanol–water partition coefficient (Wildman–Crippen LogP) is 3.00. The molecule has 0 bridgehead atoms. The lowest BCUT2D eigenvalue weighted by atomic mass is 9.92. The van der Waals surface area contributed by atoms with Gasteiger partial charge in [0.2, 0.25) is 0 Å². The fourth-order valence-corrected chi connectivity index (χ4v) is 3.26. The van der Waals surface area contributed by atoms with Gasteiger partial charge in [0.25, 0.3) is 0 Å². The minimum atomic E-state index is 0.126. The van der Waals surface area contributed by atoms with Crippen LogP contribution in [0.1, 0.15) is 49.6 Å². The van der Waals surface area contributed by atoms with Gasteiger partial charge in [0.05, 0.1) is 16.9 Å². The minimum absolute atomic E-state index is 0.126. The van der Waals surface area contributed by atoms with Crippen LogP contribution in [0, 0.1) is 25.2 Å². The van der Waals surface area contributed by atoms with Crippen LogP contribution in [-0.2, 0) is 0 Å². The van der Waals surface area contributed by atoms with Crippen LogP contribution in [-0.4, -0.2) is 23.9 Å². The molecule has 110 valence electrons. The van der Waals surface area contributed by atoms with Crippen molar-refractivity contribution in [2.24, 2.45) is 11.7 Å². The SMILES string of the molecule is CCCC1CCN(c2cc(C)nc(C)c2C(=N)N)CC1. The molecule has 3 N–H and O–H groups in total. The molecule has 20 heavy (non-hydrogen) atoms. The second-order valence-electron chi connectivity index (χ2n) is 5.88. The van der Waals surface area contributed by atoms with E-state index in [0.29, 0.717) is 0 Å². The number of nitrogens with zero attached hydrogens (tertiary/aromatic N) is 2. The highest BCUT2D eigenvalue weighted by atomic mass is 15.1. The van der Waals surface area contributed by atoms with Crippen molar-refractivity contribution in [1.29, 1.82) is 5.41 Å². The summed E-state index contributed by atoms with van der Waals surface area (Å²) in [5, 5.41) is 7.82. The third kappa shape index (κ3) is 3.11. The maximum Gasteiger partial charge on any atom is 0.126 e. The predicted molar refractivity (Wildman–Crippen MR) is 84.6 cm³/mol. The van der Waals surface area contributed by atoms with Gasteiger partial charge in [-0.15, -0.1) is 0 Å². The van der Waals surface area contributed by atoms with Crippen molar-refractivity contribution in [3.8, 4) is 0 Å². The lowest BCUT2D eigenvalue weighted by Crippen LogP contribution is -2.35. The summed E-state index contributed by atoms with van der Waals surface area (Å²) in [6.45, 7) is 8.33. The number of nitrogens with one attached hydrogen (secondary N) is 1. The van der Waals surface area contributed by atoms with E-state index in [-0.39, 0.29) is 5.84 Å². The number of nitrogen functional groups attached to an aromatic ring is 1. The molecule has 1 aliphatic rings. The highest BCUT2D eigenvalue weighted by molar-refractivity contribution is 6.01. The number of piperidine rings is 1. The first kappa shape index (κ1) is 14.8. The largest absolute Gasteiger partial charge is 0.384 e. The molecule has 2 heterocycles. The van der Waals surface area contributed by atoms with Gasteiger partial charge < -0.3 is 10.6 Å². The molecule has 2 rings (SSSR count). The van der Waals surface area contributed by atoms with Crippen LogP contribution in [0.4, 0.5) is 5.69 Å². The fourth-order valence-electron chi connectivity index (χ4n) is 3.26. The average molecular weight is 274 g/mol. The van der Waals surface area contributed by atoms with E-state index in [4.69, 9.17) is 11.1 Å². The highest BCUT2D eigenvalue weighted by Gasteiger charge is 2.22. The molecule has 1 fully saturated rings. The van der Waals surface area contributed by atoms with Gasteiger partial charge >= 0.3 is 0 Å². The van der Waals surface area contributed by atoms with E-state index in [1.165, 1.54) is 25.7 Å². The summed E-state index contributed by atoms with van der Waals surface area (Å²) in [6, 6.07) is 2.07. The molecule has 4 heteroatoms. The topological polar surface area (TPSA) is 66.0 Å². The smallest absolute Gasteiger partial charge is 0.126 e. The first-order valence-corrected chi connectivity index (χ1v) is 7.60. The molecule has 0 aliphatic carbocycles. The first-order chi connectivity index (χ1) is 9.52. The van der Waals surface area contributed by atoms with Crippen molar-refractivity contribution < 1.29 is 0 Å². The number of hydrogen-bond donors (Lipinski definition) is 2. The van der Waals surface area contributed by atoms with E-state index in [9.17, 15) is 0 Å². The van der Waals surface area contributed by atoms with E-state index >= 15 is 0 Å². The van der Waals surface area contributed by atoms with Gasteiger partial charge in [0, 0.05) is 18.8 Å². The monoisotopic (exact) mass is 274 g/mol. The van der Waals surface area contributed by atoms with Crippen molar-refractivity contribution in [1.82, 2.24) is 4.98 Å². The third-order valence-electron chi connectivity index (χ3n) is 4.23. The lowest BCUT2D eigenvalue weighted by Gasteiger charge is -2.35. The van der Waals surface area contributed by atoms with Gasteiger partial charge in [-0.25, -0.2) is 0 Å². The lowest BCUT2D eigenvalue weighted by molar-refractivity contribution is 0.378. The van der Waals surface area contributed by atoms with Crippen molar-refractivity contribution in [3.05, 3.63) is 23.0 Å². The van der Waals surface area contributed by atoms with E-state index in [0.717, 1.165) is 41.6 Å². The van der Waals surface area contributed by atoms with Crippen LogP contribution in [0.5, 0.6) is 0 Å². The second kappa shape index (κ2) is 6.25. The molecule has 0 radical (unpaired) electrons. The number of amidine groups is 1. The third-order valence-corrected chi connectivity index (χ3v) is 4.23. The Balaban J connectivity index is 2.23. The summed E-state index contributed by atoms with van der Waals surface area (Å²) in [4.78, 5) is 6.83. The number of hydrogen-bond acceptors (Lipinski definition) is 3. The van der Waals surface area contributed by atoms with Gasteiger partial charge in [0.15, 0.2) is 0 Å². The van der Waals surface area contributed by atoms with Crippen LogP contribution in [0.15, 0.2) is 6.07 Å². The summed E-state index contributed by atoms with van der Waals surface area (Å²) >= 11 is 0. The fraction of sp³-hybridized carbons (Fsp3) is 0.625. The van der Waals surface area contributed by atoms with E-state index in [1.807, 2.05) is 13.8 Å². The first-order valence-electron chi connectivity index (χ1n) is 7.60. The van der Waals surface area contributed by atoms with Crippen LogP contribution >= 0.6 is 0 Å². The molecule has 1 aromatic rings. The molecule has 4 nitrogen and oxygen atoms in total. The van der Waals surface area contributed by atoms with Crippen LogP contribution in [0.25, 0.3) is 0 Å². The quantitative estimate of drug-likeness (QED) is 0.655. The Labute approximate surface area is 121 Å². The Hall–Kier alpha value is -1.58. The standard InChI is InChI=1S/C16H26N4/c1-4-5-13-6-8-20(9-7-13)14-10-11(2)19-12(3)15(14)16(17)18/h10,13H,4-9H2,1-3H3,(H3,17,18). The maximum absolute atomic E-state index is 7.82. The maximum atomic E-state index is 7.82. The molecule has 0 saturated carbocycles. The Bertz CT molecular complexity index is 487. The van der Waals surface area contributed by atoms with Gasteiger partial charge in [-0.2, -0.15) is 0 Å². The number of aryl methyl sites for hydroxylation is 2. The van der Waals surface area contributed by atoms with Gasteiger partial charge in [-0.05, 0) is 38.7 Å². The normalized spacial score (nSPS) is 16.4. The zero-order chi connectivity index (χ0) is 14.7. The Morgan fingerprint density at radius 3 is 2.60 bits per heavy atom. The molecular formula is C16H26N4. The molecular weight excluding hydrogens is 248 g/mol. The molecule has 0 aromatic carbocycles. The van der Waals surface area contributed by atoms with Crippen molar-refractivity contribution in [3.63, 3.8) is 0 Å². The summed E-state index contributed by atoms with van der Waals surface area (Å²) in [5.74, 6) is 0.988. The van der Waals surface area contributed by atoms with E-state index in [2.05, 4.69) is 22.9 Å². The number of rotatable bonds is 4. The molecule has 1 aliphatic heterocycles. The number of aromatic nitrogens is 1. The minimum Gasteiger partial charge on any atom is -0.384 e.